The van der Waals surface area contributed by atoms with Crippen LogP contribution in [0.4, 0.5) is 0 Å². The van der Waals surface area contributed by atoms with Gasteiger partial charge in [-0.2, -0.15) is 5.10 Å². The van der Waals surface area contributed by atoms with Gasteiger partial charge in [0.2, 0.25) is 29.5 Å². The van der Waals surface area contributed by atoms with Crippen molar-refractivity contribution < 1.29 is 33.9 Å². The van der Waals surface area contributed by atoms with E-state index in [0.29, 0.717) is 38.6 Å². The number of rotatable bonds is 6. The van der Waals surface area contributed by atoms with Crippen molar-refractivity contribution >= 4 is 35.4 Å². The van der Waals surface area contributed by atoms with Crippen LogP contribution in [0.3, 0.4) is 0 Å². The molecule has 6 amide bonds. The fourth-order valence-electron chi connectivity index (χ4n) is 6.90. The molecular weight excluding hydrogens is 644 g/mol. The predicted octanol–water partition coefficient (Wildman–Crippen LogP) is -0.224. The number of hydrogen-bond acceptors (Lipinski definition) is 8. The molecule has 5 rings (SSSR count). The molecule has 0 unspecified atom stereocenters. The van der Waals surface area contributed by atoms with Crippen LogP contribution in [0.25, 0.3) is 0 Å². The number of nitrogens with one attached hydrogen (secondary N) is 6. The lowest BCUT2D eigenvalue weighted by Gasteiger charge is -2.30. The quantitative estimate of drug-likeness (QED) is 0.214. The van der Waals surface area contributed by atoms with Crippen molar-refractivity contribution in [3.63, 3.8) is 0 Å². The second-order valence-electron chi connectivity index (χ2n) is 13.3. The maximum atomic E-state index is 14.0. The molecule has 1 aliphatic carbocycles. The Morgan fingerprint density at radius 2 is 1.68 bits per heavy atom. The Hall–Kier alpha value is -4.79. The molecule has 50 heavy (non-hydrogen) atoms. The monoisotopic (exact) mass is 692 g/mol. The summed E-state index contributed by atoms with van der Waals surface area (Å²) in [6.07, 6.45) is 3.54. The standard InChI is InChI=1S/C35H48N8O7/c1-3-23-30(45)40-28(20(2)44)33(48)39-26(19-21-11-5-4-6-12-21)35(50)43-18-10-16-27(43)32(47)36-17-8-7-14-25(31(46)37-23)38-34(49)29-22-13-9-15-24(22)41-42-29/h4-6,11-12,20,23,25-28,44H,3,7-10,13-19H2,1-2H3,(H,36,47)(H,37,46)(H,38,49)(H,39,48)(H,40,45)(H,41,42)/t20-,23+,25+,26-,27+,28+/m1/s1. The summed E-state index contributed by atoms with van der Waals surface area (Å²) >= 11 is 0. The maximum Gasteiger partial charge on any atom is 0.272 e. The van der Waals surface area contributed by atoms with Gasteiger partial charge in [-0.15, -0.1) is 0 Å². The summed E-state index contributed by atoms with van der Waals surface area (Å²) < 4.78 is 0. The number of benzene rings is 1. The highest BCUT2D eigenvalue weighted by Gasteiger charge is 2.39. The van der Waals surface area contributed by atoms with E-state index >= 15 is 0 Å². The van der Waals surface area contributed by atoms with E-state index in [1.54, 1.807) is 6.92 Å². The minimum absolute atomic E-state index is 0.124. The van der Waals surface area contributed by atoms with Gasteiger partial charge in [-0.1, -0.05) is 37.3 Å². The summed E-state index contributed by atoms with van der Waals surface area (Å²) in [6.45, 7) is 3.64. The van der Waals surface area contributed by atoms with Gasteiger partial charge in [0.05, 0.1) is 6.10 Å². The topological polar surface area (TPSA) is 215 Å². The smallest absolute Gasteiger partial charge is 0.272 e. The van der Waals surface area contributed by atoms with E-state index in [4.69, 9.17) is 0 Å². The second-order valence-corrected chi connectivity index (χ2v) is 13.3. The molecule has 270 valence electrons. The van der Waals surface area contributed by atoms with Crippen molar-refractivity contribution in [2.24, 2.45) is 0 Å². The van der Waals surface area contributed by atoms with Crippen LogP contribution in [-0.2, 0) is 43.2 Å². The summed E-state index contributed by atoms with van der Waals surface area (Å²) in [7, 11) is 0. The van der Waals surface area contributed by atoms with Crippen molar-refractivity contribution in [1.29, 1.82) is 0 Å². The lowest BCUT2D eigenvalue weighted by Crippen LogP contribution is -2.61. The number of aliphatic hydroxyl groups excluding tert-OH is 1. The molecule has 3 heterocycles. The Bertz CT molecular complexity index is 1560. The van der Waals surface area contributed by atoms with Crippen LogP contribution >= 0.6 is 0 Å². The van der Waals surface area contributed by atoms with E-state index < -0.39 is 65.8 Å². The normalized spacial score (nSPS) is 26.3. The highest BCUT2D eigenvalue weighted by molar-refractivity contribution is 5.99. The number of aromatic amines is 1. The van der Waals surface area contributed by atoms with Crippen molar-refractivity contribution in [3.8, 4) is 0 Å². The first-order valence-electron chi connectivity index (χ1n) is 17.7. The molecule has 2 aliphatic heterocycles. The number of aromatic nitrogens is 2. The lowest BCUT2D eigenvalue weighted by molar-refractivity contribution is -0.142. The molecule has 0 spiro atoms. The molecule has 1 aromatic heterocycles. The summed E-state index contributed by atoms with van der Waals surface area (Å²) in [5, 5.41) is 31.4. The molecule has 3 aliphatic rings. The van der Waals surface area contributed by atoms with Gasteiger partial charge >= 0.3 is 0 Å². The SMILES string of the molecule is CC[C@@H]1NC(=O)[C@@H](NC(=O)c2n[nH]c3c2CCC3)CCCCNC(=O)[C@@H]2CCCN2C(=O)[C@@H](Cc2ccccc2)NC(=O)[C@H]([C@@H](C)O)NC1=O. The van der Waals surface area contributed by atoms with E-state index in [1.165, 1.54) is 11.8 Å². The number of H-pyrrole nitrogens is 1. The van der Waals surface area contributed by atoms with E-state index in [0.717, 1.165) is 29.7 Å². The molecule has 15 heteroatoms. The molecule has 2 aromatic rings. The minimum atomic E-state index is -1.46. The summed E-state index contributed by atoms with van der Waals surface area (Å²) in [5.41, 5.74) is 2.75. The summed E-state index contributed by atoms with van der Waals surface area (Å²) in [5.74, 6) is -3.35. The number of carbonyl (C=O) groups is 6. The van der Waals surface area contributed by atoms with Gasteiger partial charge in [-0.05, 0) is 70.3 Å². The van der Waals surface area contributed by atoms with Crippen molar-refractivity contribution in [3.05, 3.63) is 52.8 Å². The number of hydrogen-bond donors (Lipinski definition) is 7. The van der Waals surface area contributed by atoms with Crippen LogP contribution in [-0.4, -0.2) is 105 Å². The average molecular weight is 693 g/mol. The van der Waals surface area contributed by atoms with Gasteiger partial charge in [0.25, 0.3) is 5.91 Å². The van der Waals surface area contributed by atoms with Gasteiger partial charge in [0, 0.05) is 30.8 Å². The Labute approximate surface area is 291 Å². The average Bonchev–Trinajstić information content (AvgIpc) is 3.86. The fourth-order valence-corrected chi connectivity index (χ4v) is 6.90. The van der Waals surface area contributed by atoms with Crippen LogP contribution in [0.5, 0.6) is 0 Å². The Kier molecular flexibility index (Phi) is 12.2. The van der Waals surface area contributed by atoms with Crippen LogP contribution < -0.4 is 26.6 Å². The van der Waals surface area contributed by atoms with Gasteiger partial charge in [0.15, 0.2) is 5.69 Å². The third-order valence-corrected chi connectivity index (χ3v) is 9.70. The summed E-state index contributed by atoms with van der Waals surface area (Å²) in [6, 6.07) is 3.71. The van der Waals surface area contributed by atoms with E-state index in [9.17, 15) is 33.9 Å². The number of nitrogens with zero attached hydrogens (tertiary/aromatic N) is 2. The first-order valence-corrected chi connectivity index (χ1v) is 17.7. The van der Waals surface area contributed by atoms with E-state index in [2.05, 4.69) is 36.8 Å². The van der Waals surface area contributed by atoms with Crippen LogP contribution in [0.15, 0.2) is 30.3 Å². The predicted molar refractivity (Wildman–Crippen MR) is 181 cm³/mol. The Morgan fingerprint density at radius 3 is 2.42 bits per heavy atom. The zero-order chi connectivity index (χ0) is 35.8. The van der Waals surface area contributed by atoms with Gasteiger partial charge in [0.1, 0.15) is 30.2 Å². The molecular formula is C35H48N8O7. The highest BCUT2D eigenvalue weighted by atomic mass is 16.3. The zero-order valence-corrected chi connectivity index (χ0v) is 28.6. The molecule has 2 fully saturated rings. The first kappa shape index (κ1) is 36.5. The zero-order valence-electron chi connectivity index (χ0n) is 28.6. The third kappa shape index (κ3) is 8.67. The van der Waals surface area contributed by atoms with Crippen LogP contribution in [0.1, 0.15) is 86.1 Å². The van der Waals surface area contributed by atoms with E-state index in [-0.39, 0.29) is 37.4 Å². The number of aliphatic hydroxyl groups is 1. The van der Waals surface area contributed by atoms with E-state index in [1.807, 2.05) is 30.3 Å². The number of carbonyl (C=O) groups excluding carboxylic acids is 6. The molecule has 6 atom stereocenters. The molecule has 0 radical (unpaired) electrons. The lowest BCUT2D eigenvalue weighted by atomic mass is 10.0. The van der Waals surface area contributed by atoms with Gasteiger partial charge < -0.3 is 36.6 Å². The van der Waals surface area contributed by atoms with Crippen LogP contribution in [0, 0.1) is 0 Å². The third-order valence-electron chi connectivity index (χ3n) is 9.70. The minimum Gasteiger partial charge on any atom is -0.391 e. The molecule has 0 bridgehead atoms. The highest BCUT2D eigenvalue weighted by Crippen LogP contribution is 2.23. The van der Waals surface area contributed by atoms with Gasteiger partial charge in [-0.3, -0.25) is 33.9 Å². The largest absolute Gasteiger partial charge is 0.391 e. The summed E-state index contributed by atoms with van der Waals surface area (Å²) in [4.78, 5) is 83.0. The number of fused-ring (bicyclic) bond motifs is 2. The first-order chi connectivity index (χ1) is 24.1. The van der Waals surface area contributed by atoms with Gasteiger partial charge in [-0.25, -0.2) is 0 Å². The molecule has 0 saturated carbocycles. The van der Waals surface area contributed by atoms with Crippen molar-refractivity contribution in [2.75, 3.05) is 13.1 Å². The van der Waals surface area contributed by atoms with Crippen molar-refractivity contribution in [2.45, 2.75) is 114 Å². The molecule has 7 N–H and O–H groups in total. The Balaban J connectivity index is 1.39. The van der Waals surface area contributed by atoms with Crippen molar-refractivity contribution in [1.82, 2.24) is 41.7 Å². The van der Waals surface area contributed by atoms with Crippen LogP contribution in [0.2, 0.25) is 0 Å². The second kappa shape index (κ2) is 16.7. The Morgan fingerprint density at radius 1 is 0.920 bits per heavy atom. The fraction of sp³-hybridized carbons (Fsp3) is 0.571. The molecule has 2 saturated heterocycles. The molecule has 15 nitrogen and oxygen atoms in total. The molecule has 1 aromatic carbocycles. The maximum absolute atomic E-state index is 14.0. The number of aryl methyl sites for hydroxylation is 1. The number of amides is 6.